The molecule has 3 N–H and O–H groups in total. The Balaban J connectivity index is 0.00000133. The number of nitrogens with one attached hydrogen (secondary N) is 1. The fourth-order valence-corrected chi connectivity index (χ4v) is 1.75. The summed E-state index contributed by atoms with van der Waals surface area (Å²) >= 11 is 0. The average Bonchev–Trinajstić information content (AvgIpc) is 2.74. The Bertz CT molecular complexity index is 586. The number of rotatable bonds is 2. The van der Waals surface area contributed by atoms with E-state index in [0.717, 1.165) is 17.1 Å². The van der Waals surface area contributed by atoms with Gasteiger partial charge in [0.15, 0.2) is 11.5 Å². The predicted molar refractivity (Wildman–Crippen MR) is 74.3 cm³/mol. The highest BCUT2D eigenvalue weighted by Gasteiger charge is 2.13. The summed E-state index contributed by atoms with van der Waals surface area (Å²) in [5.74, 6) is 2.35. The van der Waals surface area contributed by atoms with E-state index in [-0.39, 0.29) is 19.2 Å². The summed E-state index contributed by atoms with van der Waals surface area (Å²) in [6.45, 7) is 2.12. The highest BCUT2D eigenvalue weighted by Crippen LogP contribution is 2.34. The first-order chi connectivity index (χ1) is 8.70. The van der Waals surface area contributed by atoms with Gasteiger partial charge in [-0.05, 0) is 19.1 Å². The molecule has 0 bridgehead atoms. The van der Waals surface area contributed by atoms with Crippen molar-refractivity contribution in [1.29, 1.82) is 0 Å². The Hall–Kier alpha value is -2.21. The maximum Gasteiger partial charge on any atom is 0.231 e. The fourth-order valence-electron chi connectivity index (χ4n) is 1.75. The van der Waals surface area contributed by atoms with E-state index in [0.29, 0.717) is 17.5 Å². The normalized spacial score (nSPS) is 11.8. The molecule has 1 aromatic carbocycles. The van der Waals surface area contributed by atoms with Gasteiger partial charge in [0.05, 0.1) is 0 Å². The Morgan fingerprint density at radius 3 is 2.74 bits per heavy atom. The second-order valence-corrected chi connectivity index (χ2v) is 3.95. The SMILES string of the molecule is Cc1cc(N)nc(Nc2ccc3c(c2)OCO3)n1.Cl. The van der Waals surface area contributed by atoms with Crippen molar-refractivity contribution in [2.75, 3.05) is 17.8 Å². The van der Waals surface area contributed by atoms with Crippen LogP contribution in [0, 0.1) is 6.92 Å². The molecular weight excluding hydrogens is 268 g/mol. The van der Waals surface area contributed by atoms with E-state index in [4.69, 9.17) is 15.2 Å². The van der Waals surface area contributed by atoms with E-state index in [1.165, 1.54) is 0 Å². The molecule has 0 radical (unpaired) electrons. The average molecular weight is 281 g/mol. The molecule has 0 fully saturated rings. The second kappa shape index (κ2) is 5.19. The molecule has 0 amide bonds. The van der Waals surface area contributed by atoms with Gasteiger partial charge >= 0.3 is 0 Å². The number of ether oxygens (including phenoxy) is 2. The number of nitrogens with zero attached hydrogens (tertiary/aromatic N) is 2. The monoisotopic (exact) mass is 280 g/mol. The Morgan fingerprint density at radius 2 is 1.95 bits per heavy atom. The Labute approximate surface area is 116 Å². The lowest BCUT2D eigenvalue weighted by molar-refractivity contribution is 0.174. The third-order valence-corrected chi connectivity index (χ3v) is 2.50. The van der Waals surface area contributed by atoms with Crippen LogP contribution in [0.3, 0.4) is 0 Å². The third-order valence-electron chi connectivity index (χ3n) is 2.50. The van der Waals surface area contributed by atoms with Crippen molar-refractivity contribution >= 4 is 29.9 Å². The molecule has 0 aliphatic carbocycles. The molecule has 1 aliphatic heterocycles. The van der Waals surface area contributed by atoms with Gasteiger partial charge < -0.3 is 20.5 Å². The van der Waals surface area contributed by atoms with E-state index in [9.17, 15) is 0 Å². The number of hydrogen-bond donors (Lipinski definition) is 2. The minimum absolute atomic E-state index is 0. The smallest absolute Gasteiger partial charge is 0.231 e. The van der Waals surface area contributed by atoms with Crippen LogP contribution in [0.1, 0.15) is 5.69 Å². The van der Waals surface area contributed by atoms with Gasteiger partial charge in [-0.25, -0.2) is 4.98 Å². The van der Waals surface area contributed by atoms with Gasteiger partial charge in [0.2, 0.25) is 12.7 Å². The Morgan fingerprint density at radius 1 is 1.16 bits per heavy atom. The van der Waals surface area contributed by atoms with Crippen LogP contribution in [0.5, 0.6) is 11.5 Å². The summed E-state index contributed by atoms with van der Waals surface area (Å²) < 4.78 is 10.5. The highest BCUT2D eigenvalue weighted by molar-refractivity contribution is 5.85. The molecule has 1 aliphatic rings. The van der Waals surface area contributed by atoms with Gasteiger partial charge in [-0.1, -0.05) is 0 Å². The molecule has 0 spiro atoms. The maximum absolute atomic E-state index is 5.67. The first-order valence-corrected chi connectivity index (χ1v) is 5.48. The van der Waals surface area contributed by atoms with Gasteiger partial charge in [0, 0.05) is 23.5 Å². The first-order valence-electron chi connectivity index (χ1n) is 5.48. The minimum atomic E-state index is 0. The van der Waals surface area contributed by atoms with Crippen molar-refractivity contribution in [1.82, 2.24) is 9.97 Å². The van der Waals surface area contributed by atoms with Crippen LogP contribution in [0.15, 0.2) is 24.3 Å². The molecule has 0 saturated heterocycles. The lowest BCUT2D eigenvalue weighted by Crippen LogP contribution is -2.01. The van der Waals surface area contributed by atoms with E-state index in [1.54, 1.807) is 6.07 Å². The molecule has 0 saturated carbocycles. The number of fused-ring (bicyclic) bond motifs is 1. The molecule has 7 heteroatoms. The topological polar surface area (TPSA) is 82.3 Å². The summed E-state index contributed by atoms with van der Waals surface area (Å²) in [5, 5.41) is 3.08. The fraction of sp³-hybridized carbons (Fsp3) is 0.167. The largest absolute Gasteiger partial charge is 0.454 e. The number of benzene rings is 1. The maximum atomic E-state index is 5.67. The number of nitrogens with two attached hydrogens (primary N) is 1. The highest BCUT2D eigenvalue weighted by atomic mass is 35.5. The number of nitrogen functional groups attached to an aromatic ring is 1. The number of anilines is 3. The van der Waals surface area contributed by atoms with Crippen LogP contribution >= 0.6 is 12.4 Å². The van der Waals surface area contributed by atoms with Crippen LogP contribution in [0.25, 0.3) is 0 Å². The molecule has 0 unspecified atom stereocenters. The van der Waals surface area contributed by atoms with Crippen LogP contribution in [-0.4, -0.2) is 16.8 Å². The van der Waals surface area contributed by atoms with Gasteiger partial charge in [-0.3, -0.25) is 0 Å². The number of aromatic nitrogens is 2. The summed E-state index contributed by atoms with van der Waals surface area (Å²) in [6, 6.07) is 7.26. The van der Waals surface area contributed by atoms with Gasteiger partial charge in [-0.2, -0.15) is 4.98 Å². The van der Waals surface area contributed by atoms with Crippen LogP contribution in [0.4, 0.5) is 17.5 Å². The molecule has 2 aromatic rings. The predicted octanol–water partition coefficient (Wildman–Crippen LogP) is 2.26. The van der Waals surface area contributed by atoms with Gasteiger partial charge in [0.1, 0.15) is 5.82 Å². The molecule has 100 valence electrons. The molecular formula is C12H13ClN4O2. The second-order valence-electron chi connectivity index (χ2n) is 3.95. The third kappa shape index (κ3) is 2.79. The molecule has 6 nitrogen and oxygen atoms in total. The van der Waals surface area contributed by atoms with Crippen LogP contribution in [0.2, 0.25) is 0 Å². The molecule has 0 atom stereocenters. The van der Waals surface area contributed by atoms with Crippen LogP contribution in [-0.2, 0) is 0 Å². The van der Waals surface area contributed by atoms with Crippen molar-refractivity contribution in [3.63, 3.8) is 0 Å². The summed E-state index contributed by atoms with van der Waals surface area (Å²) in [5.41, 5.74) is 7.30. The van der Waals surface area contributed by atoms with Crippen molar-refractivity contribution in [2.45, 2.75) is 6.92 Å². The van der Waals surface area contributed by atoms with Crippen LogP contribution < -0.4 is 20.5 Å². The number of halogens is 1. The minimum Gasteiger partial charge on any atom is -0.454 e. The van der Waals surface area contributed by atoms with E-state index < -0.39 is 0 Å². The standard InChI is InChI=1S/C12H12N4O2.ClH/c1-7-4-11(13)16-12(14-7)15-8-2-3-9-10(5-8)18-6-17-9;/h2-5H,6H2,1H3,(H3,13,14,15,16);1H. The zero-order valence-corrected chi connectivity index (χ0v) is 11.0. The van der Waals surface area contributed by atoms with Gasteiger partial charge in [-0.15, -0.1) is 12.4 Å². The van der Waals surface area contributed by atoms with E-state index in [2.05, 4.69) is 15.3 Å². The van der Waals surface area contributed by atoms with Gasteiger partial charge in [0.25, 0.3) is 0 Å². The summed E-state index contributed by atoms with van der Waals surface area (Å²) in [6.07, 6.45) is 0. The Kier molecular flexibility index (Phi) is 3.62. The zero-order valence-electron chi connectivity index (χ0n) is 10.2. The van der Waals surface area contributed by atoms with Crippen molar-refractivity contribution in [3.05, 3.63) is 30.0 Å². The van der Waals surface area contributed by atoms with Crippen molar-refractivity contribution in [3.8, 4) is 11.5 Å². The quantitative estimate of drug-likeness (QED) is 0.878. The van der Waals surface area contributed by atoms with E-state index >= 15 is 0 Å². The lowest BCUT2D eigenvalue weighted by atomic mass is 10.3. The zero-order chi connectivity index (χ0) is 12.5. The van der Waals surface area contributed by atoms with E-state index in [1.807, 2.05) is 25.1 Å². The lowest BCUT2D eigenvalue weighted by Gasteiger charge is -2.07. The summed E-state index contributed by atoms with van der Waals surface area (Å²) in [4.78, 5) is 8.35. The molecule has 3 rings (SSSR count). The molecule has 1 aromatic heterocycles. The molecule has 2 heterocycles. The van der Waals surface area contributed by atoms with Crippen molar-refractivity contribution in [2.24, 2.45) is 0 Å². The van der Waals surface area contributed by atoms with Crippen molar-refractivity contribution < 1.29 is 9.47 Å². The number of hydrogen-bond acceptors (Lipinski definition) is 6. The summed E-state index contributed by atoms with van der Waals surface area (Å²) in [7, 11) is 0. The number of aryl methyl sites for hydroxylation is 1. The molecule has 19 heavy (non-hydrogen) atoms. The first kappa shape index (κ1) is 13.2.